The van der Waals surface area contributed by atoms with Crippen molar-refractivity contribution >= 4 is 17.4 Å². The first-order chi connectivity index (χ1) is 13.5. The summed E-state index contributed by atoms with van der Waals surface area (Å²) in [6, 6.07) is 9.54. The summed E-state index contributed by atoms with van der Waals surface area (Å²) in [6.07, 6.45) is -1.99. The lowest BCUT2D eigenvalue weighted by molar-refractivity contribution is -0.286. The normalized spacial score (nSPS) is 15.9. The number of carbonyl (C=O) groups excluding carboxylic acids is 1. The van der Waals surface area contributed by atoms with E-state index in [0.717, 1.165) is 0 Å². The van der Waals surface area contributed by atoms with E-state index in [2.05, 4.69) is 35.3 Å². The molecule has 0 saturated carbocycles. The van der Waals surface area contributed by atoms with Gasteiger partial charge in [0.05, 0.1) is 11.4 Å². The highest BCUT2D eigenvalue weighted by molar-refractivity contribution is 6.09. The number of ether oxygens (including phenoxy) is 2. The number of benzene rings is 2. The van der Waals surface area contributed by atoms with Crippen molar-refractivity contribution in [2.75, 3.05) is 0 Å². The van der Waals surface area contributed by atoms with Gasteiger partial charge in [0.25, 0.3) is 5.91 Å². The number of hydrogen-bond acceptors (Lipinski definition) is 7. The number of tetrazole rings is 1. The largest absolute Gasteiger partial charge is 0.586 e. The minimum atomic E-state index is -3.68. The van der Waals surface area contributed by atoms with E-state index in [0.29, 0.717) is 28.3 Å². The van der Waals surface area contributed by atoms with Gasteiger partial charge >= 0.3 is 6.29 Å². The van der Waals surface area contributed by atoms with Crippen LogP contribution in [0, 0.1) is 0 Å². The molecule has 3 aromatic rings. The van der Waals surface area contributed by atoms with Crippen molar-refractivity contribution in [2.45, 2.75) is 12.7 Å². The van der Waals surface area contributed by atoms with E-state index in [1.807, 2.05) is 0 Å². The smallest absolute Gasteiger partial charge is 0.395 e. The predicted octanol–water partition coefficient (Wildman–Crippen LogP) is 2.00. The summed E-state index contributed by atoms with van der Waals surface area (Å²) < 4.78 is 36.6. The van der Waals surface area contributed by atoms with Crippen molar-refractivity contribution in [3.63, 3.8) is 0 Å². The van der Waals surface area contributed by atoms with Gasteiger partial charge in [-0.15, -0.1) is 13.9 Å². The lowest BCUT2D eigenvalue weighted by atomic mass is 10.1. The molecule has 0 fully saturated rings. The average Bonchev–Trinajstić information content (AvgIpc) is 3.36. The standard InChI is InChI=1S/C17H10F2N6O3/c18-17(19)27-13-5-10-6-15(21-12(10)7-14(13)28-17)22-16(26)9-2-1-3-11(4-9)25-8-20-23-24-25/h1-5,7-8H,6H2,(H,21,22,26). The Morgan fingerprint density at radius 3 is 2.79 bits per heavy atom. The van der Waals surface area contributed by atoms with Crippen molar-refractivity contribution < 1.29 is 23.0 Å². The van der Waals surface area contributed by atoms with Crippen molar-refractivity contribution in [2.24, 2.45) is 4.99 Å². The fraction of sp³-hybridized carbons (Fsp3) is 0.118. The Kier molecular flexibility index (Phi) is 3.38. The number of hydrogen-bond donors (Lipinski definition) is 1. The molecular formula is C17H10F2N6O3. The Morgan fingerprint density at radius 2 is 2.00 bits per heavy atom. The minimum absolute atomic E-state index is 0.0549. The summed E-state index contributed by atoms with van der Waals surface area (Å²) in [7, 11) is 0. The molecule has 0 aliphatic carbocycles. The number of carbonyl (C=O) groups is 1. The lowest BCUT2D eigenvalue weighted by Gasteiger charge is -2.06. The number of amidine groups is 1. The Hall–Kier alpha value is -3.89. The van der Waals surface area contributed by atoms with Crippen LogP contribution in [0.3, 0.4) is 0 Å². The highest BCUT2D eigenvalue weighted by atomic mass is 19.3. The van der Waals surface area contributed by atoms with Crippen LogP contribution in [0.2, 0.25) is 0 Å². The van der Waals surface area contributed by atoms with Crippen LogP contribution in [0.15, 0.2) is 47.7 Å². The molecule has 1 N–H and O–H groups in total. The monoisotopic (exact) mass is 384 g/mol. The molecule has 0 atom stereocenters. The van der Waals surface area contributed by atoms with Crippen LogP contribution in [-0.4, -0.2) is 38.2 Å². The van der Waals surface area contributed by atoms with E-state index in [4.69, 9.17) is 0 Å². The van der Waals surface area contributed by atoms with Gasteiger partial charge in [-0.1, -0.05) is 6.07 Å². The lowest BCUT2D eigenvalue weighted by Crippen LogP contribution is -2.30. The van der Waals surface area contributed by atoms with E-state index in [1.54, 1.807) is 24.3 Å². The summed E-state index contributed by atoms with van der Waals surface area (Å²) in [4.78, 5) is 16.8. The molecule has 2 aromatic carbocycles. The molecule has 9 nitrogen and oxygen atoms in total. The fourth-order valence-corrected chi connectivity index (χ4v) is 2.98. The Labute approximate surface area is 155 Å². The van der Waals surface area contributed by atoms with Gasteiger partial charge in [0.1, 0.15) is 12.2 Å². The summed E-state index contributed by atoms with van der Waals surface area (Å²) in [5.41, 5.74) is 2.11. The number of aliphatic imine (C=N–C) groups is 1. The number of alkyl halides is 2. The van der Waals surface area contributed by atoms with Crippen molar-refractivity contribution in [1.29, 1.82) is 0 Å². The van der Waals surface area contributed by atoms with Gasteiger partial charge in [0.15, 0.2) is 11.5 Å². The van der Waals surface area contributed by atoms with Crippen LogP contribution in [0.25, 0.3) is 5.69 Å². The summed E-state index contributed by atoms with van der Waals surface area (Å²) >= 11 is 0. The third-order valence-electron chi connectivity index (χ3n) is 4.20. The van der Waals surface area contributed by atoms with Crippen LogP contribution in [0.1, 0.15) is 15.9 Å². The Morgan fingerprint density at radius 1 is 1.18 bits per heavy atom. The molecule has 1 amide bonds. The van der Waals surface area contributed by atoms with Gasteiger partial charge in [-0.2, -0.15) is 0 Å². The van der Waals surface area contributed by atoms with Gasteiger partial charge in [0, 0.05) is 18.1 Å². The number of nitrogens with zero attached hydrogens (tertiary/aromatic N) is 5. The fourth-order valence-electron chi connectivity index (χ4n) is 2.98. The summed E-state index contributed by atoms with van der Waals surface area (Å²) in [5, 5.41) is 13.6. The van der Waals surface area contributed by atoms with E-state index in [9.17, 15) is 13.6 Å². The Balaban J connectivity index is 1.34. The molecule has 0 radical (unpaired) electrons. The van der Waals surface area contributed by atoms with Crippen LogP contribution < -0.4 is 14.8 Å². The number of rotatable bonds is 2. The van der Waals surface area contributed by atoms with Crippen LogP contribution in [-0.2, 0) is 6.42 Å². The molecule has 5 rings (SSSR count). The van der Waals surface area contributed by atoms with Crippen LogP contribution >= 0.6 is 0 Å². The maximum absolute atomic E-state index is 13.1. The van der Waals surface area contributed by atoms with Crippen molar-refractivity contribution in [3.05, 3.63) is 53.9 Å². The zero-order valence-electron chi connectivity index (χ0n) is 14.0. The predicted molar refractivity (Wildman–Crippen MR) is 90.1 cm³/mol. The van der Waals surface area contributed by atoms with E-state index >= 15 is 0 Å². The zero-order valence-corrected chi connectivity index (χ0v) is 14.0. The number of aromatic nitrogens is 4. The van der Waals surface area contributed by atoms with E-state index < -0.39 is 6.29 Å². The van der Waals surface area contributed by atoms with Gasteiger partial charge in [-0.25, -0.2) is 9.67 Å². The van der Waals surface area contributed by atoms with E-state index in [1.165, 1.54) is 23.1 Å². The van der Waals surface area contributed by atoms with Crippen LogP contribution in [0.4, 0.5) is 14.5 Å². The molecule has 2 aliphatic rings. The first-order valence-electron chi connectivity index (χ1n) is 8.12. The second-order valence-corrected chi connectivity index (χ2v) is 6.09. The molecule has 28 heavy (non-hydrogen) atoms. The third-order valence-corrected chi connectivity index (χ3v) is 4.20. The molecule has 11 heteroatoms. The molecule has 140 valence electrons. The first-order valence-corrected chi connectivity index (χ1v) is 8.12. The maximum atomic E-state index is 13.1. The Bertz CT molecular complexity index is 1130. The molecule has 2 aliphatic heterocycles. The average molecular weight is 384 g/mol. The summed E-state index contributed by atoms with van der Waals surface area (Å²) in [6.45, 7) is 0. The molecule has 1 aromatic heterocycles. The van der Waals surface area contributed by atoms with Gasteiger partial charge in [-0.05, 0) is 40.3 Å². The molecule has 0 unspecified atom stereocenters. The molecule has 3 heterocycles. The number of halogens is 2. The molecule has 0 spiro atoms. The molecular weight excluding hydrogens is 374 g/mol. The highest BCUT2D eigenvalue weighted by Gasteiger charge is 2.44. The SMILES string of the molecule is O=C(NC1=Nc2cc3c(cc2C1)OC(F)(F)O3)c1cccc(-n2cnnn2)c1. The number of fused-ring (bicyclic) bond motifs is 2. The quantitative estimate of drug-likeness (QED) is 0.725. The number of nitrogens with one attached hydrogen (secondary N) is 1. The third kappa shape index (κ3) is 2.82. The van der Waals surface area contributed by atoms with Crippen LogP contribution in [0.5, 0.6) is 11.5 Å². The topological polar surface area (TPSA) is 104 Å². The number of amides is 1. The van der Waals surface area contributed by atoms with Gasteiger partial charge in [-0.3, -0.25) is 4.79 Å². The van der Waals surface area contributed by atoms with Crippen molar-refractivity contribution in [3.8, 4) is 17.2 Å². The molecule has 0 saturated heterocycles. The first kappa shape index (κ1) is 16.3. The van der Waals surface area contributed by atoms with Crippen molar-refractivity contribution in [1.82, 2.24) is 25.5 Å². The van der Waals surface area contributed by atoms with Gasteiger partial charge in [0.2, 0.25) is 0 Å². The zero-order chi connectivity index (χ0) is 19.3. The van der Waals surface area contributed by atoms with E-state index in [-0.39, 0.29) is 23.8 Å². The second kappa shape index (κ2) is 5.81. The molecule has 0 bridgehead atoms. The highest BCUT2D eigenvalue weighted by Crippen LogP contribution is 2.45. The van der Waals surface area contributed by atoms with Gasteiger partial charge < -0.3 is 14.8 Å². The second-order valence-electron chi connectivity index (χ2n) is 6.09. The summed E-state index contributed by atoms with van der Waals surface area (Å²) in [5.74, 6) is -0.119. The maximum Gasteiger partial charge on any atom is 0.586 e. The minimum Gasteiger partial charge on any atom is -0.395 e.